The maximum absolute atomic E-state index is 13.6. The van der Waals surface area contributed by atoms with Crippen molar-refractivity contribution < 1.29 is 31.9 Å². The Morgan fingerprint density at radius 1 is 0.893 bits per heavy atom. The fourth-order valence-corrected chi connectivity index (χ4v) is 2.15. The van der Waals surface area contributed by atoms with Crippen molar-refractivity contribution >= 4 is 23.4 Å². The summed E-state index contributed by atoms with van der Waals surface area (Å²) in [4.78, 5) is 24.2. The first-order valence-corrected chi connectivity index (χ1v) is 8.13. The molecule has 0 heterocycles. The quantitative estimate of drug-likeness (QED) is 0.676. The monoisotopic (exact) mass is 398 g/mol. The summed E-state index contributed by atoms with van der Waals surface area (Å²) in [7, 11) is 0. The second-order valence-corrected chi connectivity index (χ2v) is 6.85. The number of anilines is 2. The molecule has 0 radical (unpaired) electrons. The van der Waals surface area contributed by atoms with Crippen LogP contribution in [0.1, 0.15) is 36.7 Å². The number of ether oxygens (including phenoxy) is 1. The zero-order valence-corrected chi connectivity index (χ0v) is 15.3. The molecule has 0 aromatic heterocycles. The van der Waals surface area contributed by atoms with Crippen molar-refractivity contribution in [2.75, 3.05) is 10.6 Å². The Bertz CT molecular complexity index is 872. The zero-order chi connectivity index (χ0) is 21.1. The van der Waals surface area contributed by atoms with Gasteiger partial charge in [-0.05, 0) is 63.2 Å². The largest absolute Gasteiger partial charge is 0.444 e. The van der Waals surface area contributed by atoms with Crippen molar-refractivity contribution in [2.24, 2.45) is 0 Å². The summed E-state index contributed by atoms with van der Waals surface area (Å²) in [6, 6.07) is 6.79. The van der Waals surface area contributed by atoms with Crippen molar-refractivity contribution in [3.8, 4) is 0 Å². The molecular weight excluding hydrogens is 380 g/mol. The van der Waals surface area contributed by atoms with E-state index in [0.717, 1.165) is 36.4 Å². The molecule has 2 N–H and O–H groups in total. The number of nitrogens with one attached hydrogen (secondary N) is 2. The summed E-state index contributed by atoms with van der Waals surface area (Å²) in [6.45, 7) is 4.97. The summed E-state index contributed by atoms with van der Waals surface area (Å²) in [6.07, 6.45) is -5.34. The molecule has 0 aliphatic carbocycles. The van der Waals surface area contributed by atoms with Gasteiger partial charge in [0, 0.05) is 5.56 Å². The zero-order valence-electron chi connectivity index (χ0n) is 15.3. The molecule has 0 saturated carbocycles. The van der Waals surface area contributed by atoms with Crippen LogP contribution in [0.15, 0.2) is 42.5 Å². The fourth-order valence-electron chi connectivity index (χ4n) is 2.15. The van der Waals surface area contributed by atoms with Gasteiger partial charge in [-0.3, -0.25) is 10.1 Å². The number of carbonyl (C=O) groups excluding carboxylic acids is 2. The standard InChI is InChI=1S/C19H18F4N2O3/c1-18(2,3)28-17(27)25-14-9-8-13(20)10-15(14)24-16(26)11-4-6-12(7-5-11)19(21,22)23/h4-10H,1-3H3,(H,24,26)(H,25,27). The lowest BCUT2D eigenvalue weighted by Gasteiger charge is -2.20. The lowest BCUT2D eigenvalue weighted by atomic mass is 10.1. The SMILES string of the molecule is CC(C)(C)OC(=O)Nc1ccc(F)cc1NC(=O)c1ccc(C(F)(F)F)cc1. The summed E-state index contributed by atoms with van der Waals surface area (Å²) >= 11 is 0. The van der Waals surface area contributed by atoms with Crippen LogP contribution in [0.2, 0.25) is 0 Å². The van der Waals surface area contributed by atoms with E-state index in [1.807, 2.05) is 0 Å². The Morgan fingerprint density at radius 3 is 2.04 bits per heavy atom. The highest BCUT2D eigenvalue weighted by molar-refractivity contribution is 6.06. The van der Waals surface area contributed by atoms with Crippen molar-refractivity contribution in [1.29, 1.82) is 0 Å². The second kappa shape index (κ2) is 7.87. The van der Waals surface area contributed by atoms with Crippen LogP contribution in [0.25, 0.3) is 0 Å². The number of halogens is 4. The van der Waals surface area contributed by atoms with Gasteiger partial charge in [-0.1, -0.05) is 0 Å². The number of hydrogen-bond acceptors (Lipinski definition) is 3. The molecular formula is C19H18F4N2O3. The predicted octanol–water partition coefficient (Wildman–Crippen LogP) is 5.44. The molecule has 2 rings (SSSR count). The molecule has 150 valence electrons. The Balaban J connectivity index is 2.19. The lowest BCUT2D eigenvalue weighted by Crippen LogP contribution is -2.27. The molecule has 2 amide bonds. The Morgan fingerprint density at radius 2 is 1.50 bits per heavy atom. The van der Waals surface area contributed by atoms with Crippen LogP contribution in [-0.2, 0) is 10.9 Å². The van der Waals surface area contributed by atoms with Gasteiger partial charge in [0.25, 0.3) is 5.91 Å². The van der Waals surface area contributed by atoms with Gasteiger partial charge in [0.2, 0.25) is 0 Å². The highest BCUT2D eigenvalue weighted by Crippen LogP contribution is 2.29. The van der Waals surface area contributed by atoms with E-state index < -0.39 is 35.2 Å². The van der Waals surface area contributed by atoms with Gasteiger partial charge >= 0.3 is 12.3 Å². The van der Waals surface area contributed by atoms with E-state index in [-0.39, 0.29) is 16.9 Å². The molecule has 9 heteroatoms. The molecule has 0 aliphatic rings. The minimum atomic E-state index is -4.53. The average molecular weight is 398 g/mol. The maximum Gasteiger partial charge on any atom is 0.416 e. The van der Waals surface area contributed by atoms with Crippen LogP contribution in [-0.4, -0.2) is 17.6 Å². The van der Waals surface area contributed by atoms with E-state index >= 15 is 0 Å². The molecule has 0 fully saturated rings. The van der Waals surface area contributed by atoms with Gasteiger partial charge in [0.15, 0.2) is 0 Å². The summed E-state index contributed by atoms with van der Waals surface area (Å²) in [5, 5.41) is 4.75. The molecule has 2 aromatic rings. The highest BCUT2D eigenvalue weighted by atomic mass is 19.4. The third kappa shape index (κ3) is 5.97. The summed E-state index contributed by atoms with van der Waals surface area (Å²) < 4.78 is 56.5. The highest BCUT2D eigenvalue weighted by Gasteiger charge is 2.30. The third-order valence-corrected chi connectivity index (χ3v) is 3.34. The fraction of sp³-hybridized carbons (Fsp3) is 0.263. The average Bonchev–Trinajstić information content (AvgIpc) is 2.55. The second-order valence-electron chi connectivity index (χ2n) is 6.85. The third-order valence-electron chi connectivity index (χ3n) is 3.34. The number of carbonyl (C=O) groups is 2. The smallest absolute Gasteiger partial charge is 0.416 e. The molecule has 0 spiro atoms. The number of benzene rings is 2. The van der Waals surface area contributed by atoms with E-state index in [0.29, 0.717) is 0 Å². The molecule has 28 heavy (non-hydrogen) atoms. The molecule has 2 aromatic carbocycles. The topological polar surface area (TPSA) is 67.4 Å². The van der Waals surface area contributed by atoms with Crippen LogP contribution >= 0.6 is 0 Å². The molecule has 0 atom stereocenters. The van der Waals surface area contributed by atoms with Crippen molar-refractivity contribution in [3.05, 3.63) is 59.4 Å². The van der Waals surface area contributed by atoms with E-state index in [4.69, 9.17) is 4.74 Å². The first kappa shape index (κ1) is 21.2. The van der Waals surface area contributed by atoms with Gasteiger partial charge in [0.05, 0.1) is 16.9 Å². The first-order valence-electron chi connectivity index (χ1n) is 8.13. The predicted molar refractivity (Wildman–Crippen MR) is 95.7 cm³/mol. The van der Waals surface area contributed by atoms with Gasteiger partial charge in [-0.15, -0.1) is 0 Å². The Hall–Kier alpha value is -3.10. The minimum absolute atomic E-state index is 0.0657. The van der Waals surface area contributed by atoms with Crippen molar-refractivity contribution in [1.82, 2.24) is 0 Å². The minimum Gasteiger partial charge on any atom is -0.444 e. The van der Waals surface area contributed by atoms with Gasteiger partial charge in [-0.25, -0.2) is 9.18 Å². The molecule has 0 bridgehead atoms. The Labute approximate surface area is 158 Å². The molecule has 0 saturated heterocycles. The Kier molecular flexibility index (Phi) is 5.96. The summed E-state index contributed by atoms with van der Waals surface area (Å²) in [5.74, 6) is -1.45. The van der Waals surface area contributed by atoms with E-state index in [9.17, 15) is 27.2 Å². The van der Waals surface area contributed by atoms with E-state index in [1.165, 1.54) is 6.07 Å². The van der Waals surface area contributed by atoms with Crippen LogP contribution in [0.4, 0.5) is 33.7 Å². The molecule has 0 aliphatic heterocycles. The lowest BCUT2D eigenvalue weighted by molar-refractivity contribution is -0.137. The number of hydrogen-bond donors (Lipinski definition) is 2. The van der Waals surface area contributed by atoms with Gasteiger partial charge < -0.3 is 10.1 Å². The number of alkyl halides is 3. The van der Waals surface area contributed by atoms with Crippen molar-refractivity contribution in [2.45, 2.75) is 32.5 Å². The van der Waals surface area contributed by atoms with Crippen LogP contribution in [0.3, 0.4) is 0 Å². The van der Waals surface area contributed by atoms with Crippen LogP contribution in [0, 0.1) is 5.82 Å². The van der Waals surface area contributed by atoms with Gasteiger partial charge in [0.1, 0.15) is 11.4 Å². The maximum atomic E-state index is 13.6. The van der Waals surface area contributed by atoms with Crippen LogP contribution in [0.5, 0.6) is 0 Å². The summed E-state index contributed by atoms with van der Waals surface area (Å²) in [5.41, 5.74) is -1.75. The normalized spacial score (nSPS) is 11.7. The van der Waals surface area contributed by atoms with Crippen LogP contribution < -0.4 is 10.6 Å². The van der Waals surface area contributed by atoms with E-state index in [1.54, 1.807) is 20.8 Å². The molecule has 0 unspecified atom stereocenters. The first-order chi connectivity index (χ1) is 12.8. The van der Waals surface area contributed by atoms with E-state index in [2.05, 4.69) is 10.6 Å². The number of rotatable bonds is 3. The molecule has 5 nitrogen and oxygen atoms in total. The number of amides is 2. The van der Waals surface area contributed by atoms with Crippen molar-refractivity contribution in [3.63, 3.8) is 0 Å². The van der Waals surface area contributed by atoms with Gasteiger partial charge in [-0.2, -0.15) is 13.2 Å².